The number of H-pyrrole nitrogens is 1. The molecule has 4 aromatic rings. The molecule has 2 aromatic heterocycles. The standard InChI is InChI=1S/C19H15FN4O/c1-11-7-8-16-14(9-11)17-18(23-16)19(25)24(12(2)22-17)21-10-13-5-3-4-6-15(13)20/h3-10,23H,1-2H3/b21-10-. The van der Waals surface area contributed by atoms with Crippen molar-refractivity contribution < 1.29 is 4.39 Å². The van der Waals surface area contributed by atoms with Gasteiger partial charge in [-0.25, -0.2) is 9.37 Å². The SMILES string of the molecule is Cc1ccc2[nH]c3c(=O)n(/N=C\c4ccccc4F)c(C)nc3c2c1. The molecule has 0 bridgehead atoms. The molecule has 0 amide bonds. The predicted octanol–water partition coefficient (Wildman–Crippen LogP) is 3.52. The van der Waals surface area contributed by atoms with Crippen molar-refractivity contribution in [3.63, 3.8) is 0 Å². The first-order valence-electron chi connectivity index (χ1n) is 7.85. The van der Waals surface area contributed by atoms with Crippen LogP contribution in [0.2, 0.25) is 0 Å². The second-order valence-electron chi connectivity index (χ2n) is 5.94. The van der Waals surface area contributed by atoms with Gasteiger partial charge in [-0.3, -0.25) is 4.79 Å². The van der Waals surface area contributed by atoms with Crippen LogP contribution in [-0.2, 0) is 0 Å². The van der Waals surface area contributed by atoms with Crippen LogP contribution in [0.3, 0.4) is 0 Å². The molecular weight excluding hydrogens is 319 g/mol. The molecule has 0 aliphatic rings. The van der Waals surface area contributed by atoms with Crippen LogP contribution in [0.1, 0.15) is 17.0 Å². The Morgan fingerprint density at radius 2 is 2.00 bits per heavy atom. The highest BCUT2D eigenvalue weighted by Crippen LogP contribution is 2.23. The molecule has 1 N–H and O–H groups in total. The number of halogens is 1. The number of nitrogens with zero attached hydrogens (tertiary/aromatic N) is 3. The molecule has 5 nitrogen and oxygen atoms in total. The molecule has 124 valence electrons. The number of benzene rings is 2. The Morgan fingerprint density at radius 1 is 1.20 bits per heavy atom. The van der Waals surface area contributed by atoms with Gasteiger partial charge >= 0.3 is 0 Å². The van der Waals surface area contributed by atoms with Gasteiger partial charge in [0.2, 0.25) is 0 Å². The van der Waals surface area contributed by atoms with Crippen molar-refractivity contribution in [3.05, 3.63) is 75.6 Å². The third kappa shape index (κ3) is 2.52. The highest BCUT2D eigenvalue weighted by Gasteiger charge is 2.13. The van der Waals surface area contributed by atoms with Crippen molar-refractivity contribution in [1.82, 2.24) is 14.6 Å². The van der Waals surface area contributed by atoms with Gasteiger partial charge in [0, 0.05) is 16.5 Å². The highest BCUT2D eigenvalue weighted by molar-refractivity contribution is 6.04. The molecule has 0 atom stereocenters. The zero-order valence-electron chi connectivity index (χ0n) is 13.7. The van der Waals surface area contributed by atoms with Gasteiger partial charge in [0.1, 0.15) is 22.7 Å². The summed E-state index contributed by atoms with van der Waals surface area (Å²) in [6.07, 6.45) is 1.32. The number of aryl methyl sites for hydroxylation is 2. The lowest BCUT2D eigenvalue weighted by Gasteiger charge is -2.03. The van der Waals surface area contributed by atoms with Crippen LogP contribution < -0.4 is 5.56 Å². The normalized spacial score (nSPS) is 11.8. The van der Waals surface area contributed by atoms with Crippen molar-refractivity contribution in [2.45, 2.75) is 13.8 Å². The Morgan fingerprint density at radius 3 is 2.80 bits per heavy atom. The molecule has 0 radical (unpaired) electrons. The minimum absolute atomic E-state index is 0.307. The third-order valence-electron chi connectivity index (χ3n) is 4.13. The number of hydrogen-bond donors (Lipinski definition) is 1. The second kappa shape index (κ2) is 5.66. The number of aromatic amines is 1. The van der Waals surface area contributed by atoms with Gasteiger partial charge in [0.15, 0.2) is 0 Å². The summed E-state index contributed by atoms with van der Waals surface area (Å²) in [5.41, 5.74) is 2.94. The van der Waals surface area contributed by atoms with E-state index in [0.717, 1.165) is 16.5 Å². The van der Waals surface area contributed by atoms with E-state index in [1.54, 1.807) is 25.1 Å². The Hall–Kier alpha value is -3.28. The molecule has 0 saturated carbocycles. The van der Waals surface area contributed by atoms with E-state index in [1.165, 1.54) is 17.0 Å². The fourth-order valence-electron chi connectivity index (χ4n) is 2.86. The summed E-state index contributed by atoms with van der Waals surface area (Å²) < 4.78 is 14.9. The van der Waals surface area contributed by atoms with E-state index in [0.29, 0.717) is 22.4 Å². The summed E-state index contributed by atoms with van der Waals surface area (Å²) in [6.45, 7) is 3.69. The van der Waals surface area contributed by atoms with E-state index >= 15 is 0 Å². The van der Waals surface area contributed by atoms with Crippen LogP contribution >= 0.6 is 0 Å². The molecule has 0 unspecified atom stereocenters. The minimum Gasteiger partial charge on any atom is -0.349 e. The van der Waals surface area contributed by atoms with Crippen LogP contribution in [-0.4, -0.2) is 20.9 Å². The molecule has 4 rings (SSSR count). The first-order valence-corrected chi connectivity index (χ1v) is 7.85. The van der Waals surface area contributed by atoms with Crippen LogP contribution in [0.4, 0.5) is 4.39 Å². The molecule has 0 aliphatic heterocycles. The zero-order valence-corrected chi connectivity index (χ0v) is 13.7. The first-order chi connectivity index (χ1) is 12.0. The Labute approximate surface area is 142 Å². The zero-order chi connectivity index (χ0) is 17.6. The fraction of sp³-hybridized carbons (Fsp3) is 0.105. The minimum atomic E-state index is -0.396. The van der Waals surface area contributed by atoms with Crippen LogP contribution in [0.25, 0.3) is 21.9 Å². The second-order valence-corrected chi connectivity index (χ2v) is 5.94. The maximum absolute atomic E-state index is 13.7. The largest absolute Gasteiger partial charge is 0.349 e. The fourth-order valence-corrected chi connectivity index (χ4v) is 2.86. The van der Waals surface area contributed by atoms with E-state index < -0.39 is 5.82 Å². The maximum atomic E-state index is 13.7. The molecule has 6 heteroatoms. The van der Waals surface area contributed by atoms with E-state index in [1.807, 2.05) is 25.1 Å². The number of fused-ring (bicyclic) bond motifs is 3. The average molecular weight is 334 g/mol. The molecule has 0 fully saturated rings. The first kappa shape index (κ1) is 15.3. The Bertz CT molecular complexity index is 1200. The quantitative estimate of drug-likeness (QED) is 0.570. The average Bonchev–Trinajstić information content (AvgIpc) is 2.94. The van der Waals surface area contributed by atoms with E-state index in [9.17, 15) is 9.18 Å². The lowest BCUT2D eigenvalue weighted by atomic mass is 10.2. The van der Waals surface area contributed by atoms with Gasteiger partial charge in [-0.05, 0) is 32.0 Å². The van der Waals surface area contributed by atoms with E-state index in [-0.39, 0.29) is 5.56 Å². The molecule has 2 heterocycles. The third-order valence-corrected chi connectivity index (χ3v) is 4.13. The van der Waals surface area contributed by atoms with Gasteiger partial charge in [0.25, 0.3) is 5.56 Å². The predicted molar refractivity (Wildman–Crippen MR) is 96.7 cm³/mol. The van der Waals surface area contributed by atoms with Crippen LogP contribution in [0.5, 0.6) is 0 Å². The van der Waals surface area contributed by atoms with E-state index in [2.05, 4.69) is 15.1 Å². The number of nitrogens with one attached hydrogen (secondary N) is 1. The number of rotatable bonds is 2. The van der Waals surface area contributed by atoms with Gasteiger partial charge < -0.3 is 4.98 Å². The van der Waals surface area contributed by atoms with Crippen molar-refractivity contribution in [2.24, 2.45) is 5.10 Å². The van der Waals surface area contributed by atoms with Gasteiger partial charge in [0.05, 0.1) is 6.21 Å². The number of hydrogen-bond acceptors (Lipinski definition) is 3. The summed E-state index contributed by atoms with van der Waals surface area (Å²) in [5, 5.41) is 5.03. The van der Waals surface area contributed by atoms with Crippen molar-refractivity contribution in [1.29, 1.82) is 0 Å². The molecular formula is C19H15FN4O. The molecule has 0 spiro atoms. The lowest BCUT2D eigenvalue weighted by molar-refractivity contribution is 0.625. The summed E-state index contributed by atoms with van der Waals surface area (Å²) in [5.74, 6) is 0.0413. The molecule has 0 aliphatic carbocycles. The molecule has 25 heavy (non-hydrogen) atoms. The lowest BCUT2D eigenvalue weighted by Crippen LogP contribution is -2.20. The van der Waals surface area contributed by atoms with Crippen molar-refractivity contribution >= 4 is 28.2 Å². The summed E-state index contributed by atoms with van der Waals surface area (Å²) in [4.78, 5) is 20.4. The van der Waals surface area contributed by atoms with Crippen LogP contribution in [0, 0.1) is 19.7 Å². The maximum Gasteiger partial charge on any atom is 0.298 e. The molecule has 0 saturated heterocycles. The summed E-state index contributed by atoms with van der Waals surface area (Å²) in [7, 11) is 0. The summed E-state index contributed by atoms with van der Waals surface area (Å²) >= 11 is 0. The van der Waals surface area contributed by atoms with Gasteiger partial charge in [-0.1, -0.05) is 29.8 Å². The van der Waals surface area contributed by atoms with Crippen LogP contribution in [0.15, 0.2) is 52.4 Å². The number of aromatic nitrogens is 3. The monoisotopic (exact) mass is 334 g/mol. The molecule has 2 aromatic carbocycles. The Balaban J connectivity index is 1.92. The van der Waals surface area contributed by atoms with Gasteiger partial charge in [-0.2, -0.15) is 9.78 Å². The summed E-state index contributed by atoms with van der Waals surface area (Å²) in [6, 6.07) is 12.1. The Kier molecular flexibility index (Phi) is 3.46. The van der Waals surface area contributed by atoms with Crippen molar-refractivity contribution in [2.75, 3.05) is 0 Å². The van der Waals surface area contributed by atoms with Gasteiger partial charge in [-0.15, -0.1) is 0 Å². The topological polar surface area (TPSA) is 63.0 Å². The van der Waals surface area contributed by atoms with E-state index in [4.69, 9.17) is 0 Å². The highest BCUT2D eigenvalue weighted by atomic mass is 19.1. The smallest absolute Gasteiger partial charge is 0.298 e. The van der Waals surface area contributed by atoms with Crippen molar-refractivity contribution in [3.8, 4) is 0 Å².